The van der Waals surface area contributed by atoms with Gasteiger partial charge in [0, 0.05) is 12.1 Å². The van der Waals surface area contributed by atoms with Crippen molar-refractivity contribution < 1.29 is 4.79 Å². The minimum atomic E-state index is -1.23. The normalized spacial score (nSPS) is 27.2. The largest absolute Gasteiger partial charge is 0.332 e. The van der Waals surface area contributed by atoms with Crippen molar-refractivity contribution in [3.63, 3.8) is 0 Å². The maximum atomic E-state index is 12.8. The lowest BCUT2D eigenvalue weighted by molar-refractivity contribution is 0.0654. The maximum Gasteiger partial charge on any atom is 0.254 e. The Morgan fingerprint density at radius 2 is 1.95 bits per heavy atom. The topological polar surface area (TPSA) is 20.3 Å². The molecule has 112 valence electrons. The number of likely N-dealkylation sites (tertiary alicyclic amines) is 1. The van der Waals surface area contributed by atoms with E-state index in [1.807, 2.05) is 30.3 Å². The monoisotopic (exact) mass is 299 g/mol. The number of fused-ring (bicyclic) bond motifs is 2. The van der Waals surface area contributed by atoms with Gasteiger partial charge in [-0.25, -0.2) is 0 Å². The highest BCUT2D eigenvalue weighted by Gasteiger charge is 2.40. The lowest BCUT2D eigenvalue weighted by atomic mass is 9.98. The number of carbonyl (C=O) groups excluding carboxylic acids is 1. The molecule has 0 spiro atoms. The average molecular weight is 299 g/mol. The molecule has 1 saturated carbocycles. The second-order valence-electron chi connectivity index (χ2n) is 7.56. The third kappa shape index (κ3) is 3.13. The number of amides is 1. The van der Waals surface area contributed by atoms with Crippen LogP contribution < -0.4 is 0 Å². The Labute approximate surface area is 128 Å². The van der Waals surface area contributed by atoms with Gasteiger partial charge in [-0.1, -0.05) is 49.1 Å². The van der Waals surface area contributed by atoms with Crippen molar-refractivity contribution in [1.82, 2.24) is 4.90 Å². The van der Waals surface area contributed by atoms with Crippen LogP contribution in [0.25, 0.3) is 0 Å². The predicted octanol–water partition coefficient (Wildman–Crippen LogP) is 4.11. The molecule has 2 fully saturated rings. The predicted molar refractivity (Wildman–Crippen MR) is 90.0 cm³/mol. The number of carbonyl (C=O) groups is 1. The van der Waals surface area contributed by atoms with Crippen molar-refractivity contribution in [2.75, 3.05) is 6.54 Å². The molecule has 2 bridgehead atoms. The highest BCUT2D eigenvalue weighted by Crippen LogP contribution is 2.41. The van der Waals surface area contributed by atoms with Crippen molar-refractivity contribution >= 4 is 14.0 Å². The highest BCUT2D eigenvalue weighted by molar-refractivity contribution is 6.81. The summed E-state index contributed by atoms with van der Waals surface area (Å²) in [6, 6.07) is 10.1. The van der Waals surface area contributed by atoms with Crippen molar-refractivity contribution in [3.05, 3.63) is 47.2 Å². The first kappa shape index (κ1) is 14.6. The molecule has 2 unspecified atom stereocenters. The summed E-state index contributed by atoms with van der Waals surface area (Å²) < 4.78 is 0. The summed E-state index contributed by atoms with van der Waals surface area (Å²) >= 11 is 0. The molecule has 0 radical (unpaired) electrons. The summed E-state index contributed by atoms with van der Waals surface area (Å²) in [6.07, 6.45) is 3.56. The molecule has 3 rings (SSSR count). The van der Waals surface area contributed by atoms with Crippen LogP contribution in [0.5, 0.6) is 0 Å². The highest BCUT2D eigenvalue weighted by atomic mass is 28.3. The molecule has 1 aliphatic carbocycles. The minimum Gasteiger partial charge on any atom is -0.332 e. The van der Waals surface area contributed by atoms with Gasteiger partial charge in [0.2, 0.25) is 0 Å². The number of piperidine rings is 1. The van der Waals surface area contributed by atoms with Gasteiger partial charge >= 0.3 is 0 Å². The van der Waals surface area contributed by atoms with Crippen molar-refractivity contribution in [3.8, 4) is 0 Å². The first-order valence-corrected chi connectivity index (χ1v) is 11.6. The van der Waals surface area contributed by atoms with E-state index in [1.54, 1.807) is 5.57 Å². The lowest BCUT2D eigenvalue weighted by Crippen LogP contribution is -2.43. The number of benzene rings is 1. The Morgan fingerprint density at radius 3 is 2.62 bits per heavy atom. The maximum absolute atomic E-state index is 12.8. The van der Waals surface area contributed by atoms with Crippen LogP contribution >= 0.6 is 0 Å². The summed E-state index contributed by atoms with van der Waals surface area (Å²) in [5.74, 6) is 1.01. The standard InChI is InChI=1S/C18H25NOSi/c1-21(2,3)13-16-11-14-9-10-19(17(16)12-14)18(20)15-7-5-4-6-8-15/h4-8,13-14,17H,9-12H2,1-3H3/b16-13+. The molecular formula is C18H25NOSi. The van der Waals surface area contributed by atoms with E-state index in [2.05, 4.69) is 30.2 Å². The van der Waals surface area contributed by atoms with Crippen LogP contribution in [0.2, 0.25) is 19.6 Å². The quantitative estimate of drug-likeness (QED) is 0.752. The van der Waals surface area contributed by atoms with E-state index >= 15 is 0 Å². The Hall–Kier alpha value is -1.35. The summed E-state index contributed by atoms with van der Waals surface area (Å²) in [7, 11) is -1.23. The number of hydrogen-bond donors (Lipinski definition) is 0. The molecule has 1 aliphatic heterocycles. The molecule has 1 saturated heterocycles. The summed E-state index contributed by atoms with van der Waals surface area (Å²) in [6.45, 7) is 8.06. The molecular weight excluding hydrogens is 274 g/mol. The summed E-state index contributed by atoms with van der Waals surface area (Å²) in [5, 5.41) is 0. The van der Waals surface area contributed by atoms with Gasteiger partial charge in [0.1, 0.15) is 0 Å². The molecule has 1 amide bonds. The lowest BCUT2D eigenvalue weighted by Gasteiger charge is -2.34. The van der Waals surface area contributed by atoms with Gasteiger partial charge in [-0.2, -0.15) is 0 Å². The number of hydrogen-bond acceptors (Lipinski definition) is 1. The molecule has 1 heterocycles. The van der Waals surface area contributed by atoms with Crippen LogP contribution in [-0.4, -0.2) is 31.5 Å². The Bertz CT molecular complexity index is 558. The first-order chi connectivity index (χ1) is 9.94. The van der Waals surface area contributed by atoms with E-state index in [4.69, 9.17) is 0 Å². The molecule has 2 aliphatic rings. The second kappa shape index (κ2) is 5.45. The number of rotatable bonds is 2. The van der Waals surface area contributed by atoms with Gasteiger partial charge in [0.25, 0.3) is 5.91 Å². The zero-order valence-electron chi connectivity index (χ0n) is 13.3. The van der Waals surface area contributed by atoms with Crippen LogP contribution in [0, 0.1) is 5.92 Å². The Kier molecular flexibility index (Phi) is 3.78. The fourth-order valence-electron chi connectivity index (χ4n) is 3.75. The molecule has 1 aromatic rings. The molecule has 2 nitrogen and oxygen atoms in total. The van der Waals surface area contributed by atoms with Crippen molar-refractivity contribution in [2.45, 2.75) is 44.9 Å². The molecule has 1 aromatic carbocycles. The van der Waals surface area contributed by atoms with Gasteiger partial charge in [-0.15, -0.1) is 0 Å². The third-order valence-corrected chi connectivity index (χ3v) is 5.80. The van der Waals surface area contributed by atoms with Gasteiger partial charge < -0.3 is 4.90 Å². The summed E-state index contributed by atoms with van der Waals surface area (Å²) in [5.41, 5.74) is 4.91. The van der Waals surface area contributed by atoms with Crippen LogP contribution in [0.15, 0.2) is 41.6 Å². The van der Waals surface area contributed by atoms with Gasteiger partial charge in [0.15, 0.2) is 0 Å². The Balaban J connectivity index is 1.87. The van der Waals surface area contributed by atoms with E-state index in [9.17, 15) is 4.79 Å². The van der Waals surface area contributed by atoms with Crippen LogP contribution in [0.4, 0.5) is 0 Å². The molecule has 0 N–H and O–H groups in total. The van der Waals surface area contributed by atoms with Gasteiger partial charge in [0.05, 0.1) is 14.1 Å². The average Bonchev–Trinajstić information content (AvgIpc) is 2.74. The van der Waals surface area contributed by atoms with E-state index in [0.717, 1.165) is 24.4 Å². The third-order valence-electron chi connectivity index (χ3n) is 4.56. The molecule has 0 aromatic heterocycles. The fraction of sp³-hybridized carbons (Fsp3) is 0.500. The van der Waals surface area contributed by atoms with Crippen LogP contribution in [-0.2, 0) is 0 Å². The fourth-order valence-corrected chi connectivity index (χ4v) is 5.17. The van der Waals surface area contributed by atoms with Crippen molar-refractivity contribution in [2.24, 2.45) is 5.92 Å². The zero-order valence-corrected chi connectivity index (χ0v) is 14.3. The SMILES string of the molecule is C[Si](C)(C)/C=C1\CC2CCN(C(=O)c3ccccc3)C1C2. The molecule has 3 heteroatoms. The van der Waals surface area contributed by atoms with Crippen molar-refractivity contribution in [1.29, 1.82) is 0 Å². The smallest absolute Gasteiger partial charge is 0.254 e. The van der Waals surface area contributed by atoms with Crippen LogP contribution in [0.1, 0.15) is 29.6 Å². The second-order valence-corrected chi connectivity index (χ2v) is 12.6. The van der Waals surface area contributed by atoms with E-state index in [-0.39, 0.29) is 5.91 Å². The van der Waals surface area contributed by atoms with E-state index in [1.165, 1.54) is 12.8 Å². The van der Waals surface area contributed by atoms with E-state index < -0.39 is 8.07 Å². The Morgan fingerprint density at radius 1 is 1.24 bits per heavy atom. The van der Waals surface area contributed by atoms with E-state index in [0.29, 0.717) is 6.04 Å². The molecule has 2 atom stereocenters. The van der Waals surface area contributed by atoms with Gasteiger partial charge in [-0.05, 0) is 37.3 Å². The zero-order chi connectivity index (χ0) is 15.0. The molecule has 21 heavy (non-hydrogen) atoms. The summed E-state index contributed by atoms with van der Waals surface area (Å²) in [4.78, 5) is 14.9. The number of nitrogens with zero attached hydrogens (tertiary/aromatic N) is 1. The minimum absolute atomic E-state index is 0.211. The van der Waals surface area contributed by atoms with Gasteiger partial charge in [-0.3, -0.25) is 4.79 Å². The van der Waals surface area contributed by atoms with Crippen LogP contribution in [0.3, 0.4) is 0 Å². The first-order valence-electron chi connectivity index (χ1n) is 8.02.